The quantitative estimate of drug-likeness (QED) is 0.749. The molecule has 1 atom stereocenters. The van der Waals surface area contributed by atoms with E-state index in [2.05, 4.69) is 0 Å². The highest BCUT2D eigenvalue weighted by Gasteiger charge is 2.13. The van der Waals surface area contributed by atoms with Crippen LogP contribution in [0.1, 0.15) is 17.4 Å². The molecule has 24 heavy (non-hydrogen) atoms. The molecular weight excluding hydrogens is 312 g/mol. The van der Waals surface area contributed by atoms with Gasteiger partial charge >= 0.3 is 0 Å². The summed E-state index contributed by atoms with van der Waals surface area (Å²) < 4.78 is 26.4. The minimum atomic E-state index is -1.09. The summed E-state index contributed by atoms with van der Waals surface area (Å²) >= 11 is 0. The maximum absolute atomic E-state index is 10.2. The van der Waals surface area contributed by atoms with E-state index >= 15 is 0 Å². The Bertz CT molecular complexity index is 671. The van der Waals surface area contributed by atoms with E-state index in [9.17, 15) is 5.11 Å². The zero-order valence-electron chi connectivity index (χ0n) is 14.2. The summed E-state index contributed by atoms with van der Waals surface area (Å²) in [5.41, 5.74) is 1.43. The van der Waals surface area contributed by atoms with Crippen molar-refractivity contribution in [2.45, 2.75) is 12.9 Å². The zero-order chi connectivity index (χ0) is 17.5. The van der Waals surface area contributed by atoms with E-state index in [4.69, 9.17) is 23.7 Å². The minimum Gasteiger partial charge on any atom is -0.493 e. The molecule has 1 unspecified atom stereocenters. The molecule has 0 spiro atoms. The van der Waals surface area contributed by atoms with Gasteiger partial charge in [0, 0.05) is 5.56 Å². The van der Waals surface area contributed by atoms with Crippen molar-refractivity contribution in [1.29, 1.82) is 0 Å². The van der Waals surface area contributed by atoms with Crippen molar-refractivity contribution < 1.29 is 28.8 Å². The van der Waals surface area contributed by atoms with Crippen LogP contribution >= 0.6 is 0 Å². The average Bonchev–Trinajstić information content (AvgIpc) is 2.64. The summed E-state index contributed by atoms with van der Waals surface area (Å²) in [5.74, 6) is 2.37. The van der Waals surface area contributed by atoms with Gasteiger partial charge in [-0.3, -0.25) is 0 Å². The Morgan fingerprint density at radius 2 is 1.29 bits per heavy atom. The van der Waals surface area contributed by atoms with Gasteiger partial charge in [0.25, 0.3) is 0 Å². The summed E-state index contributed by atoms with van der Waals surface area (Å²) in [7, 11) is 6.25. The Labute approximate surface area is 141 Å². The van der Waals surface area contributed by atoms with E-state index < -0.39 is 6.29 Å². The molecule has 0 aliphatic heterocycles. The van der Waals surface area contributed by atoms with Crippen LogP contribution < -0.4 is 18.9 Å². The first kappa shape index (κ1) is 17.9. The average molecular weight is 334 g/mol. The molecule has 0 radical (unpaired) electrons. The number of aliphatic hydroxyl groups excluding tert-OH is 1. The predicted molar refractivity (Wildman–Crippen MR) is 88.8 cm³/mol. The van der Waals surface area contributed by atoms with Gasteiger partial charge in [-0.25, -0.2) is 0 Å². The Kier molecular flexibility index (Phi) is 6.28. The van der Waals surface area contributed by atoms with Crippen molar-refractivity contribution in [3.05, 3.63) is 47.5 Å². The highest BCUT2D eigenvalue weighted by atomic mass is 16.6. The first-order valence-corrected chi connectivity index (χ1v) is 7.35. The lowest BCUT2D eigenvalue weighted by Crippen LogP contribution is -2.04. The molecule has 0 aliphatic carbocycles. The van der Waals surface area contributed by atoms with Crippen LogP contribution in [0.15, 0.2) is 36.4 Å². The van der Waals surface area contributed by atoms with E-state index in [-0.39, 0.29) is 6.61 Å². The van der Waals surface area contributed by atoms with Crippen molar-refractivity contribution >= 4 is 0 Å². The lowest BCUT2D eigenvalue weighted by Gasteiger charge is -2.15. The van der Waals surface area contributed by atoms with Gasteiger partial charge in [-0.05, 0) is 29.8 Å². The number of hydrogen-bond acceptors (Lipinski definition) is 6. The third-order valence-electron chi connectivity index (χ3n) is 3.55. The lowest BCUT2D eigenvalue weighted by molar-refractivity contribution is -0.112. The maximum Gasteiger partial charge on any atom is 0.181 e. The first-order valence-electron chi connectivity index (χ1n) is 7.35. The Balaban J connectivity index is 2.06. The number of ether oxygens (including phenoxy) is 5. The monoisotopic (exact) mass is 334 g/mol. The molecule has 0 amide bonds. The van der Waals surface area contributed by atoms with Crippen molar-refractivity contribution in [1.82, 2.24) is 0 Å². The molecule has 0 saturated carbocycles. The highest BCUT2D eigenvalue weighted by Crippen LogP contribution is 2.31. The van der Waals surface area contributed by atoms with Gasteiger partial charge in [0.2, 0.25) is 0 Å². The second-order valence-corrected chi connectivity index (χ2v) is 4.97. The molecule has 0 aromatic heterocycles. The summed E-state index contributed by atoms with van der Waals surface area (Å²) in [4.78, 5) is 0. The van der Waals surface area contributed by atoms with E-state index in [1.807, 2.05) is 6.07 Å². The minimum absolute atomic E-state index is 0.218. The molecule has 130 valence electrons. The fraction of sp³-hybridized carbons (Fsp3) is 0.333. The summed E-state index contributed by atoms with van der Waals surface area (Å²) in [6.07, 6.45) is -1.09. The molecule has 0 fully saturated rings. The van der Waals surface area contributed by atoms with Gasteiger partial charge in [-0.1, -0.05) is 12.1 Å². The summed E-state index contributed by atoms with van der Waals surface area (Å²) in [6.45, 7) is 0.218. The largest absolute Gasteiger partial charge is 0.493 e. The Hall–Kier alpha value is -2.44. The summed E-state index contributed by atoms with van der Waals surface area (Å²) in [5, 5.41) is 10.2. The third-order valence-corrected chi connectivity index (χ3v) is 3.55. The molecule has 6 nitrogen and oxygen atoms in total. The number of hydrogen-bond donors (Lipinski definition) is 1. The molecule has 0 aliphatic rings. The molecule has 1 N–H and O–H groups in total. The second kappa shape index (κ2) is 8.42. The second-order valence-electron chi connectivity index (χ2n) is 4.97. The van der Waals surface area contributed by atoms with Gasteiger partial charge in [0.15, 0.2) is 29.3 Å². The van der Waals surface area contributed by atoms with Crippen LogP contribution in [-0.2, 0) is 11.3 Å². The highest BCUT2D eigenvalue weighted by molar-refractivity contribution is 5.44. The van der Waals surface area contributed by atoms with Crippen LogP contribution in [-0.4, -0.2) is 33.5 Å². The third kappa shape index (κ3) is 4.10. The number of rotatable bonds is 8. The number of aliphatic hydroxyl groups is 1. The lowest BCUT2D eigenvalue weighted by atomic mass is 10.2. The summed E-state index contributed by atoms with van der Waals surface area (Å²) in [6, 6.07) is 10.6. The van der Waals surface area contributed by atoms with Gasteiger partial charge < -0.3 is 28.8 Å². The van der Waals surface area contributed by atoms with Crippen LogP contribution in [0.2, 0.25) is 0 Å². The van der Waals surface area contributed by atoms with Crippen molar-refractivity contribution in [2.24, 2.45) is 0 Å². The van der Waals surface area contributed by atoms with Crippen LogP contribution in [0.25, 0.3) is 0 Å². The molecular formula is C18H22O6. The van der Waals surface area contributed by atoms with E-state index in [0.717, 1.165) is 5.56 Å². The van der Waals surface area contributed by atoms with Gasteiger partial charge in [-0.15, -0.1) is 0 Å². The van der Waals surface area contributed by atoms with E-state index in [1.165, 1.54) is 0 Å². The molecule has 0 heterocycles. The van der Waals surface area contributed by atoms with Crippen molar-refractivity contribution in [3.8, 4) is 23.0 Å². The normalized spacial score (nSPS) is 11.7. The molecule has 2 aromatic carbocycles. The SMILES string of the molecule is COc1ccc(COC(O)c2ccc(OC)c(OC)c2)cc1OC. The van der Waals surface area contributed by atoms with Crippen LogP contribution in [0, 0.1) is 0 Å². The first-order chi connectivity index (χ1) is 11.6. The van der Waals surface area contributed by atoms with Crippen LogP contribution in [0.5, 0.6) is 23.0 Å². The molecule has 2 rings (SSSR count). The van der Waals surface area contributed by atoms with Crippen LogP contribution in [0.3, 0.4) is 0 Å². The van der Waals surface area contributed by atoms with Crippen molar-refractivity contribution in [3.63, 3.8) is 0 Å². The topological polar surface area (TPSA) is 66.4 Å². The van der Waals surface area contributed by atoms with Crippen LogP contribution in [0.4, 0.5) is 0 Å². The molecule has 6 heteroatoms. The Morgan fingerprint density at radius 3 is 1.88 bits per heavy atom. The number of methoxy groups -OCH3 is 4. The molecule has 0 saturated heterocycles. The molecule has 0 bridgehead atoms. The fourth-order valence-electron chi connectivity index (χ4n) is 2.25. The van der Waals surface area contributed by atoms with E-state index in [1.54, 1.807) is 58.8 Å². The smallest absolute Gasteiger partial charge is 0.181 e. The fourth-order valence-corrected chi connectivity index (χ4v) is 2.25. The van der Waals surface area contributed by atoms with Gasteiger partial charge in [0.1, 0.15) is 0 Å². The van der Waals surface area contributed by atoms with Gasteiger partial charge in [-0.2, -0.15) is 0 Å². The number of benzene rings is 2. The molecule has 2 aromatic rings. The predicted octanol–water partition coefficient (Wildman–Crippen LogP) is 2.93. The van der Waals surface area contributed by atoms with Gasteiger partial charge in [0.05, 0.1) is 35.0 Å². The van der Waals surface area contributed by atoms with Crippen molar-refractivity contribution in [2.75, 3.05) is 28.4 Å². The van der Waals surface area contributed by atoms with E-state index in [0.29, 0.717) is 28.6 Å². The maximum atomic E-state index is 10.2. The Morgan fingerprint density at radius 1 is 0.750 bits per heavy atom. The standard InChI is InChI=1S/C18H22O6/c1-20-14-7-5-12(9-16(14)22-3)11-24-18(19)13-6-8-15(21-2)17(10-13)23-4/h5-10,18-19H,11H2,1-4H3. The zero-order valence-corrected chi connectivity index (χ0v) is 14.2.